The smallest absolute Gasteiger partial charge is 0.417 e. The van der Waals surface area contributed by atoms with Crippen molar-refractivity contribution in [1.82, 2.24) is 20.2 Å². The highest BCUT2D eigenvalue weighted by molar-refractivity contribution is 5.86. The maximum Gasteiger partial charge on any atom is 0.417 e. The standard InChI is InChI=1S/C21H16F3N7O2/c1-13-18(3-2-6-26-13)14-4-5-16(27-8-14)11-31-12-19(33-30-31)29-20(32)28-17-7-15(9-25-10-17)21(22,23)24/h2-10,12H,11H2,1H3,(H-,28,29,30,32). The molecule has 0 radical (unpaired) electrons. The van der Waals surface area contributed by atoms with Crippen molar-refractivity contribution < 1.29 is 27.5 Å². The second kappa shape index (κ2) is 9.02. The number of aliphatic imine (C=N–C) groups is 1. The molecular weight excluding hydrogens is 439 g/mol. The number of hydrogen-bond donors (Lipinski definition) is 1. The molecule has 4 aromatic rings. The van der Waals surface area contributed by atoms with Crippen LogP contribution >= 0.6 is 0 Å². The number of halogens is 3. The van der Waals surface area contributed by atoms with Crippen molar-refractivity contribution in [2.24, 2.45) is 4.99 Å². The Morgan fingerprint density at radius 3 is 2.76 bits per heavy atom. The molecule has 0 spiro atoms. The third kappa shape index (κ3) is 5.47. The zero-order valence-corrected chi connectivity index (χ0v) is 17.1. The molecule has 9 nitrogen and oxygen atoms in total. The van der Waals surface area contributed by atoms with Gasteiger partial charge in [0.15, 0.2) is 0 Å². The SMILES string of the molecule is Cc1ncccc1-c1ccc(C[n+]2cc(/N=C(\[O-])Nc3cncc(C(F)(F)F)c3)on2)nc1. The molecule has 4 rings (SSSR count). The molecule has 12 heteroatoms. The van der Waals surface area contributed by atoms with Crippen LogP contribution in [0.2, 0.25) is 0 Å². The van der Waals surface area contributed by atoms with E-state index in [1.807, 2.05) is 31.2 Å². The molecule has 1 N–H and O–H groups in total. The Morgan fingerprint density at radius 1 is 1.18 bits per heavy atom. The maximum atomic E-state index is 12.7. The minimum absolute atomic E-state index is 0.130. The van der Waals surface area contributed by atoms with Crippen molar-refractivity contribution in [2.45, 2.75) is 19.6 Å². The largest absolute Gasteiger partial charge is 0.846 e. The predicted octanol–water partition coefficient (Wildman–Crippen LogP) is 2.65. The summed E-state index contributed by atoms with van der Waals surface area (Å²) in [5, 5.41) is 18.0. The number of aromatic nitrogens is 5. The number of rotatable bonds is 5. The second-order valence-corrected chi connectivity index (χ2v) is 6.91. The van der Waals surface area contributed by atoms with Crippen LogP contribution < -0.4 is 15.1 Å². The summed E-state index contributed by atoms with van der Waals surface area (Å²) in [5.74, 6) is -0.130. The summed E-state index contributed by atoms with van der Waals surface area (Å²) in [7, 11) is 0. The van der Waals surface area contributed by atoms with E-state index in [0.717, 1.165) is 29.1 Å². The van der Waals surface area contributed by atoms with Gasteiger partial charge >= 0.3 is 12.1 Å². The fourth-order valence-electron chi connectivity index (χ4n) is 2.94. The van der Waals surface area contributed by atoms with E-state index in [2.05, 4.69) is 30.5 Å². The van der Waals surface area contributed by atoms with Gasteiger partial charge < -0.3 is 10.4 Å². The summed E-state index contributed by atoms with van der Waals surface area (Å²) in [6.45, 7) is 2.17. The summed E-state index contributed by atoms with van der Waals surface area (Å²) in [5.41, 5.74) is 2.33. The highest BCUT2D eigenvalue weighted by Gasteiger charge is 2.31. The van der Waals surface area contributed by atoms with Gasteiger partial charge in [-0.2, -0.15) is 13.2 Å². The van der Waals surface area contributed by atoms with E-state index < -0.39 is 17.8 Å². The number of nitrogens with zero attached hydrogens (tertiary/aromatic N) is 6. The molecule has 0 fully saturated rings. The summed E-state index contributed by atoms with van der Waals surface area (Å²) < 4.78 is 44.6. The minimum atomic E-state index is -4.58. The Kier molecular flexibility index (Phi) is 5.98. The molecule has 4 heterocycles. The van der Waals surface area contributed by atoms with Crippen LogP contribution in [0.1, 0.15) is 17.0 Å². The van der Waals surface area contributed by atoms with E-state index in [4.69, 9.17) is 4.52 Å². The molecule has 0 amide bonds. The lowest BCUT2D eigenvalue weighted by molar-refractivity contribution is -0.755. The molecule has 0 aliphatic rings. The number of amidine groups is 1. The summed E-state index contributed by atoms with van der Waals surface area (Å²) >= 11 is 0. The van der Waals surface area contributed by atoms with Gasteiger partial charge in [0.05, 0.1) is 23.5 Å². The highest BCUT2D eigenvalue weighted by atomic mass is 19.4. The van der Waals surface area contributed by atoms with Crippen LogP contribution in [0, 0.1) is 6.92 Å². The number of hydrogen-bond acceptors (Lipinski definition) is 7. The topological polar surface area (TPSA) is 116 Å². The fourth-order valence-corrected chi connectivity index (χ4v) is 2.94. The van der Waals surface area contributed by atoms with Crippen molar-refractivity contribution in [2.75, 3.05) is 5.32 Å². The Morgan fingerprint density at radius 2 is 2.03 bits per heavy atom. The van der Waals surface area contributed by atoms with Gasteiger partial charge in [-0.1, -0.05) is 12.1 Å². The van der Waals surface area contributed by atoms with Gasteiger partial charge in [0.2, 0.25) is 11.8 Å². The van der Waals surface area contributed by atoms with Crippen LogP contribution in [0.5, 0.6) is 0 Å². The maximum absolute atomic E-state index is 12.7. The van der Waals surface area contributed by atoms with E-state index in [1.165, 1.54) is 10.9 Å². The van der Waals surface area contributed by atoms with Crippen molar-refractivity contribution in [1.29, 1.82) is 0 Å². The van der Waals surface area contributed by atoms with Crippen LogP contribution in [-0.2, 0) is 12.7 Å². The molecule has 0 unspecified atom stereocenters. The first kappa shape index (κ1) is 21.9. The van der Waals surface area contributed by atoms with E-state index in [-0.39, 0.29) is 18.1 Å². The molecule has 0 bridgehead atoms. The van der Waals surface area contributed by atoms with Crippen molar-refractivity contribution in [3.05, 3.63) is 78.3 Å². The lowest BCUT2D eigenvalue weighted by Crippen LogP contribution is -2.35. The number of nitrogens with one attached hydrogen (secondary N) is 1. The monoisotopic (exact) mass is 455 g/mol. The molecular formula is C21H16F3N7O2. The summed E-state index contributed by atoms with van der Waals surface area (Å²) in [4.78, 5) is 15.8. The molecule has 33 heavy (non-hydrogen) atoms. The number of anilines is 1. The zero-order valence-electron chi connectivity index (χ0n) is 17.1. The van der Waals surface area contributed by atoms with Gasteiger partial charge in [-0.05, 0) is 29.8 Å². The Hall–Kier alpha value is -4.35. The van der Waals surface area contributed by atoms with Gasteiger partial charge in [0, 0.05) is 35.4 Å². The van der Waals surface area contributed by atoms with Gasteiger partial charge in [-0.25, -0.2) is 4.99 Å². The van der Waals surface area contributed by atoms with Crippen molar-refractivity contribution in [3.8, 4) is 11.1 Å². The minimum Gasteiger partial charge on any atom is -0.846 e. The van der Waals surface area contributed by atoms with Gasteiger partial charge in [-0.3, -0.25) is 19.5 Å². The lowest BCUT2D eigenvalue weighted by atomic mass is 10.1. The van der Waals surface area contributed by atoms with Crippen LogP contribution in [-0.4, -0.2) is 26.2 Å². The predicted molar refractivity (Wildman–Crippen MR) is 108 cm³/mol. The Bertz CT molecular complexity index is 1290. The first-order valence-electron chi connectivity index (χ1n) is 9.56. The van der Waals surface area contributed by atoms with Gasteiger partial charge in [-0.15, -0.1) is 0 Å². The van der Waals surface area contributed by atoms with Crippen LogP contribution in [0.25, 0.3) is 11.1 Å². The van der Waals surface area contributed by atoms with E-state index >= 15 is 0 Å². The molecule has 0 aromatic carbocycles. The molecule has 0 saturated heterocycles. The third-order valence-corrected chi connectivity index (χ3v) is 4.49. The normalized spacial score (nSPS) is 12.1. The van der Waals surface area contributed by atoms with Gasteiger partial charge in [0.25, 0.3) is 6.20 Å². The third-order valence-electron chi connectivity index (χ3n) is 4.49. The first-order valence-corrected chi connectivity index (χ1v) is 9.56. The quantitative estimate of drug-likeness (QED) is 0.279. The molecule has 168 valence electrons. The van der Waals surface area contributed by atoms with Crippen LogP contribution in [0.15, 0.2) is 70.8 Å². The van der Waals surface area contributed by atoms with E-state index in [0.29, 0.717) is 11.9 Å². The van der Waals surface area contributed by atoms with E-state index in [1.54, 1.807) is 12.4 Å². The number of pyridine rings is 3. The first-order chi connectivity index (χ1) is 15.8. The zero-order chi connectivity index (χ0) is 23.4. The highest BCUT2D eigenvalue weighted by Crippen LogP contribution is 2.29. The van der Waals surface area contributed by atoms with Crippen LogP contribution in [0.4, 0.5) is 24.7 Å². The Labute approximate surface area is 185 Å². The average Bonchev–Trinajstić information content (AvgIpc) is 3.21. The Balaban J connectivity index is 1.42. The molecule has 0 atom stereocenters. The summed E-state index contributed by atoms with van der Waals surface area (Å²) in [6, 6.07) is 7.37. The number of aryl methyl sites for hydroxylation is 1. The van der Waals surface area contributed by atoms with Crippen molar-refractivity contribution in [3.63, 3.8) is 0 Å². The average molecular weight is 455 g/mol. The molecule has 0 aliphatic heterocycles. The molecule has 0 saturated carbocycles. The van der Waals surface area contributed by atoms with E-state index in [9.17, 15) is 18.3 Å². The van der Waals surface area contributed by atoms with Gasteiger partial charge in [0.1, 0.15) is 5.69 Å². The number of alkyl halides is 3. The second-order valence-electron chi connectivity index (χ2n) is 6.91. The molecule has 4 aromatic heterocycles. The van der Waals surface area contributed by atoms with Crippen LogP contribution in [0.3, 0.4) is 0 Å². The fraction of sp³-hybridized carbons (Fsp3) is 0.143. The van der Waals surface area contributed by atoms with Crippen molar-refractivity contribution >= 4 is 17.6 Å². The molecule has 0 aliphatic carbocycles. The lowest BCUT2D eigenvalue weighted by Gasteiger charge is -2.13. The summed E-state index contributed by atoms with van der Waals surface area (Å²) in [6.07, 6.45) is 1.97.